The van der Waals surface area contributed by atoms with Crippen molar-refractivity contribution in [3.63, 3.8) is 0 Å². The minimum Gasteiger partial charge on any atom is -0.496 e. The van der Waals surface area contributed by atoms with Crippen molar-refractivity contribution in [2.45, 2.75) is 50.2 Å². The maximum atomic E-state index is 5.74. The Kier molecular flexibility index (Phi) is 3.84. The highest BCUT2D eigenvalue weighted by atomic mass is 16.5. The summed E-state index contributed by atoms with van der Waals surface area (Å²) < 4.78 is 11.5. The van der Waals surface area contributed by atoms with Gasteiger partial charge in [-0.15, -0.1) is 0 Å². The Balaban J connectivity index is 2.16. The maximum absolute atomic E-state index is 5.74. The average Bonchev–Trinajstić information content (AvgIpc) is 2.81. The van der Waals surface area contributed by atoms with Gasteiger partial charge in [-0.3, -0.25) is 5.84 Å². The molecule has 1 saturated carbocycles. The van der Waals surface area contributed by atoms with Crippen molar-refractivity contribution in [3.8, 4) is 0 Å². The number of allylic oxidation sites excluding steroid dienone is 1. The molecule has 1 atom stereocenters. The van der Waals surface area contributed by atoms with E-state index in [1.54, 1.807) is 7.11 Å². The van der Waals surface area contributed by atoms with Crippen molar-refractivity contribution in [3.05, 3.63) is 11.8 Å². The van der Waals surface area contributed by atoms with Crippen LogP contribution in [0.1, 0.15) is 38.5 Å². The lowest BCUT2D eigenvalue weighted by Gasteiger charge is -2.37. The predicted octanol–water partition coefficient (Wildman–Crippen LogP) is 1.47. The molecule has 0 aromatic carbocycles. The van der Waals surface area contributed by atoms with E-state index in [0.717, 1.165) is 38.0 Å². The Morgan fingerprint density at radius 2 is 2.19 bits per heavy atom. The number of hydrogen-bond donors (Lipinski definition) is 2. The maximum Gasteiger partial charge on any atom is 0.113 e. The molecule has 4 heteroatoms. The molecule has 4 nitrogen and oxygen atoms in total. The van der Waals surface area contributed by atoms with Crippen LogP contribution in [0.25, 0.3) is 0 Å². The van der Waals surface area contributed by atoms with Gasteiger partial charge in [-0.05, 0) is 31.8 Å². The number of rotatable bonds is 4. The van der Waals surface area contributed by atoms with Crippen molar-refractivity contribution < 1.29 is 9.47 Å². The van der Waals surface area contributed by atoms with Crippen molar-refractivity contribution >= 4 is 0 Å². The van der Waals surface area contributed by atoms with Gasteiger partial charge in [0, 0.05) is 7.11 Å². The summed E-state index contributed by atoms with van der Waals surface area (Å²) in [6.07, 6.45) is 8.85. The first-order valence-corrected chi connectivity index (χ1v) is 6.16. The van der Waals surface area contributed by atoms with Crippen LogP contribution in [0, 0.1) is 0 Å². The fourth-order valence-corrected chi connectivity index (χ4v) is 2.86. The Morgan fingerprint density at radius 1 is 1.44 bits per heavy atom. The van der Waals surface area contributed by atoms with E-state index in [2.05, 4.69) is 11.5 Å². The Bertz CT molecular complexity index is 260. The third-order valence-corrected chi connectivity index (χ3v) is 3.80. The first-order chi connectivity index (χ1) is 7.82. The number of ether oxygens (including phenoxy) is 2. The Morgan fingerprint density at radius 3 is 2.69 bits per heavy atom. The zero-order valence-corrected chi connectivity index (χ0v) is 10.00. The van der Waals surface area contributed by atoms with Crippen LogP contribution in [-0.2, 0) is 9.47 Å². The minimum atomic E-state index is -0.169. The van der Waals surface area contributed by atoms with Crippen molar-refractivity contribution in [1.29, 1.82) is 0 Å². The molecule has 92 valence electrons. The Labute approximate surface area is 97.1 Å². The third kappa shape index (κ3) is 2.10. The molecule has 0 saturated heterocycles. The van der Waals surface area contributed by atoms with E-state index in [0.29, 0.717) is 0 Å². The predicted molar refractivity (Wildman–Crippen MR) is 62.6 cm³/mol. The van der Waals surface area contributed by atoms with Crippen LogP contribution < -0.4 is 11.3 Å². The third-order valence-electron chi connectivity index (χ3n) is 3.80. The summed E-state index contributed by atoms with van der Waals surface area (Å²) in [6.45, 7) is 0.795. The molecule has 0 bridgehead atoms. The zero-order chi connectivity index (χ0) is 11.4. The normalized spacial score (nSPS) is 26.0. The molecule has 1 heterocycles. The van der Waals surface area contributed by atoms with Crippen molar-refractivity contribution in [1.82, 2.24) is 5.43 Å². The van der Waals surface area contributed by atoms with Gasteiger partial charge in [0.1, 0.15) is 11.8 Å². The van der Waals surface area contributed by atoms with Crippen LogP contribution in [0.3, 0.4) is 0 Å². The van der Waals surface area contributed by atoms with Gasteiger partial charge >= 0.3 is 0 Å². The molecule has 16 heavy (non-hydrogen) atoms. The summed E-state index contributed by atoms with van der Waals surface area (Å²) in [5.74, 6) is 6.66. The lowest BCUT2D eigenvalue weighted by Crippen LogP contribution is -2.54. The summed E-state index contributed by atoms with van der Waals surface area (Å²) in [6, 6.07) is 0.000278. The van der Waals surface area contributed by atoms with Crippen molar-refractivity contribution in [2.75, 3.05) is 13.7 Å². The first kappa shape index (κ1) is 11.9. The molecular weight excluding hydrogens is 204 g/mol. The average molecular weight is 226 g/mol. The number of nitrogens with two attached hydrogens (primary N) is 1. The van der Waals surface area contributed by atoms with E-state index in [-0.39, 0.29) is 11.6 Å². The lowest BCUT2D eigenvalue weighted by molar-refractivity contribution is -0.0417. The Hall–Kier alpha value is -0.580. The highest BCUT2D eigenvalue weighted by Gasteiger charge is 2.44. The van der Waals surface area contributed by atoms with E-state index >= 15 is 0 Å². The van der Waals surface area contributed by atoms with Gasteiger partial charge in [0.2, 0.25) is 0 Å². The topological polar surface area (TPSA) is 56.5 Å². The number of nitrogens with one attached hydrogen (secondary N) is 1. The van der Waals surface area contributed by atoms with Gasteiger partial charge in [0.05, 0.1) is 12.2 Å². The monoisotopic (exact) mass is 226 g/mol. The van der Waals surface area contributed by atoms with Crippen molar-refractivity contribution in [2.24, 2.45) is 5.84 Å². The summed E-state index contributed by atoms with van der Waals surface area (Å²) in [5, 5.41) is 0. The standard InChI is InChI=1S/C12H22N2O2/c1-15-12(7-3-4-8-12)11(14-13)10-6-2-5-9-16-10/h6,11,14H,2-5,7-9,13H2,1H3. The molecule has 2 rings (SSSR count). The fourth-order valence-electron chi connectivity index (χ4n) is 2.86. The summed E-state index contributed by atoms with van der Waals surface area (Å²) in [4.78, 5) is 0. The second-order valence-corrected chi connectivity index (χ2v) is 4.67. The van der Waals surface area contributed by atoms with E-state index in [1.165, 1.54) is 12.8 Å². The molecule has 0 spiro atoms. The molecule has 3 N–H and O–H groups in total. The van der Waals surface area contributed by atoms with Gasteiger partial charge in [-0.25, -0.2) is 5.43 Å². The van der Waals surface area contributed by atoms with Crippen LogP contribution in [0.2, 0.25) is 0 Å². The van der Waals surface area contributed by atoms with Gasteiger partial charge in [-0.1, -0.05) is 12.8 Å². The second kappa shape index (κ2) is 5.17. The zero-order valence-electron chi connectivity index (χ0n) is 10.00. The molecule has 0 aromatic rings. The second-order valence-electron chi connectivity index (χ2n) is 4.67. The van der Waals surface area contributed by atoms with Crippen LogP contribution >= 0.6 is 0 Å². The number of hydrazine groups is 1. The molecule has 0 radical (unpaired) electrons. The van der Waals surface area contributed by atoms with E-state index < -0.39 is 0 Å². The number of methoxy groups -OCH3 is 1. The largest absolute Gasteiger partial charge is 0.496 e. The molecule has 0 amide bonds. The van der Waals surface area contributed by atoms with E-state index in [4.69, 9.17) is 15.3 Å². The molecule has 1 fully saturated rings. The smallest absolute Gasteiger partial charge is 0.113 e. The highest BCUT2D eigenvalue weighted by Crippen LogP contribution is 2.38. The van der Waals surface area contributed by atoms with Crippen LogP contribution in [0.5, 0.6) is 0 Å². The highest BCUT2D eigenvalue weighted by molar-refractivity contribution is 5.14. The van der Waals surface area contributed by atoms with E-state index in [1.807, 2.05) is 0 Å². The van der Waals surface area contributed by atoms with Crippen LogP contribution in [0.4, 0.5) is 0 Å². The van der Waals surface area contributed by atoms with Gasteiger partial charge in [0.25, 0.3) is 0 Å². The number of hydrogen-bond acceptors (Lipinski definition) is 4. The molecule has 1 unspecified atom stereocenters. The summed E-state index contributed by atoms with van der Waals surface area (Å²) in [7, 11) is 1.78. The van der Waals surface area contributed by atoms with Gasteiger partial charge in [0.15, 0.2) is 0 Å². The molecule has 1 aliphatic heterocycles. The van der Waals surface area contributed by atoms with Gasteiger partial charge in [-0.2, -0.15) is 0 Å². The van der Waals surface area contributed by atoms with Crippen LogP contribution in [-0.4, -0.2) is 25.4 Å². The van der Waals surface area contributed by atoms with E-state index in [9.17, 15) is 0 Å². The minimum absolute atomic E-state index is 0.000278. The summed E-state index contributed by atoms with van der Waals surface area (Å²) >= 11 is 0. The lowest BCUT2D eigenvalue weighted by atomic mass is 9.90. The molecule has 1 aliphatic carbocycles. The fraction of sp³-hybridized carbons (Fsp3) is 0.833. The SMILES string of the molecule is COC1(C(NN)C2=CCCCO2)CCCC1. The summed E-state index contributed by atoms with van der Waals surface area (Å²) in [5.41, 5.74) is 2.72. The van der Waals surface area contributed by atoms with Gasteiger partial charge < -0.3 is 9.47 Å². The molecular formula is C12H22N2O2. The quantitative estimate of drug-likeness (QED) is 0.563. The first-order valence-electron chi connectivity index (χ1n) is 6.16. The molecule has 0 aromatic heterocycles. The molecule has 2 aliphatic rings. The van der Waals surface area contributed by atoms with Crippen LogP contribution in [0.15, 0.2) is 11.8 Å².